The number of aryl methyl sites for hydroxylation is 1. The first-order valence-corrected chi connectivity index (χ1v) is 8.72. The smallest absolute Gasteiger partial charge is 0.306 e. The lowest BCUT2D eigenvalue weighted by Crippen LogP contribution is -2.06. The topological polar surface area (TPSA) is 92.9 Å². The summed E-state index contributed by atoms with van der Waals surface area (Å²) in [4.78, 5) is 16.2. The third-order valence-corrected chi connectivity index (χ3v) is 4.23. The first kappa shape index (κ1) is 17.8. The van der Waals surface area contributed by atoms with Crippen LogP contribution in [0.3, 0.4) is 0 Å². The van der Waals surface area contributed by atoms with Gasteiger partial charge in [-0.2, -0.15) is 4.98 Å². The number of hydrogen-bond acceptors (Lipinski definition) is 8. The average molecular weight is 382 g/mol. The van der Waals surface area contributed by atoms with Gasteiger partial charge in [0.1, 0.15) is 5.75 Å². The summed E-state index contributed by atoms with van der Waals surface area (Å²) in [5.74, 6) is 2.47. The molecular weight excluding hydrogens is 364 g/mol. The Labute approximate surface area is 161 Å². The van der Waals surface area contributed by atoms with Gasteiger partial charge in [0, 0.05) is 12.0 Å². The van der Waals surface area contributed by atoms with Crippen molar-refractivity contribution >= 4 is 5.97 Å². The van der Waals surface area contributed by atoms with Crippen LogP contribution < -0.4 is 14.2 Å². The van der Waals surface area contributed by atoms with Gasteiger partial charge in [0.15, 0.2) is 18.1 Å². The van der Waals surface area contributed by atoms with Crippen molar-refractivity contribution in [3.05, 3.63) is 53.9 Å². The fraction of sp³-hybridized carbons (Fsp3) is 0.250. The first-order chi connectivity index (χ1) is 13.7. The number of ether oxygens (including phenoxy) is 4. The minimum absolute atomic E-state index is 0.0663. The molecule has 3 aromatic rings. The van der Waals surface area contributed by atoms with Crippen LogP contribution in [0.4, 0.5) is 0 Å². The number of carbonyl (C=O) groups excluding carboxylic acids is 1. The number of methoxy groups -OCH3 is 1. The molecule has 2 aromatic carbocycles. The molecule has 0 fully saturated rings. The highest BCUT2D eigenvalue weighted by atomic mass is 16.7. The van der Waals surface area contributed by atoms with E-state index in [0.29, 0.717) is 18.0 Å². The summed E-state index contributed by atoms with van der Waals surface area (Å²) in [6.45, 7) is 0.159. The molecule has 0 bridgehead atoms. The molecule has 144 valence electrons. The maximum atomic E-state index is 12.0. The van der Waals surface area contributed by atoms with E-state index in [9.17, 15) is 4.79 Å². The van der Waals surface area contributed by atoms with Crippen molar-refractivity contribution in [3.8, 4) is 28.6 Å². The fourth-order valence-electron chi connectivity index (χ4n) is 2.73. The van der Waals surface area contributed by atoms with Crippen molar-refractivity contribution in [2.45, 2.75) is 19.4 Å². The SMILES string of the molecule is COc1ccc(-c2noc(COC(=O)CCc3ccc4c(c3)OCO4)n2)cc1. The van der Waals surface area contributed by atoms with Crippen molar-refractivity contribution in [2.24, 2.45) is 0 Å². The van der Waals surface area contributed by atoms with Gasteiger partial charge < -0.3 is 23.5 Å². The van der Waals surface area contributed by atoms with Gasteiger partial charge in [0.05, 0.1) is 7.11 Å². The number of esters is 1. The van der Waals surface area contributed by atoms with Gasteiger partial charge in [-0.1, -0.05) is 11.2 Å². The van der Waals surface area contributed by atoms with Gasteiger partial charge in [-0.05, 0) is 48.4 Å². The molecule has 8 nitrogen and oxygen atoms in total. The van der Waals surface area contributed by atoms with Gasteiger partial charge in [-0.25, -0.2) is 0 Å². The lowest BCUT2D eigenvalue weighted by atomic mass is 10.1. The molecule has 0 spiro atoms. The van der Waals surface area contributed by atoms with Crippen molar-refractivity contribution in [1.29, 1.82) is 0 Å². The number of aromatic nitrogens is 2. The van der Waals surface area contributed by atoms with Crippen LogP contribution in [0, 0.1) is 0 Å². The van der Waals surface area contributed by atoms with Crippen LogP contribution in [-0.2, 0) is 22.6 Å². The Morgan fingerprint density at radius 2 is 1.93 bits per heavy atom. The summed E-state index contributed by atoms with van der Waals surface area (Å²) in [5, 5.41) is 3.90. The van der Waals surface area contributed by atoms with Crippen LogP contribution in [0.25, 0.3) is 11.4 Å². The van der Waals surface area contributed by atoms with E-state index in [0.717, 1.165) is 22.6 Å². The molecule has 8 heteroatoms. The summed E-state index contributed by atoms with van der Waals surface area (Å²) < 4.78 is 26.1. The van der Waals surface area contributed by atoms with Crippen LogP contribution in [0.2, 0.25) is 0 Å². The third-order valence-electron chi connectivity index (χ3n) is 4.23. The second-order valence-corrected chi connectivity index (χ2v) is 6.09. The molecule has 0 saturated carbocycles. The van der Waals surface area contributed by atoms with Gasteiger partial charge in [-0.3, -0.25) is 4.79 Å². The van der Waals surface area contributed by atoms with E-state index in [1.54, 1.807) is 7.11 Å². The zero-order valence-electron chi connectivity index (χ0n) is 15.2. The highest BCUT2D eigenvalue weighted by molar-refractivity contribution is 5.69. The predicted molar refractivity (Wildman–Crippen MR) is 97.0 cm³/mol. The van der Waals surface area contributed by atoms with Crippen LogP contribution in [0.15, 0.2) is 47.0 Å². The molecule has 0 aliphatic carbocycles. The van der Waals surface area contributed by atoms with Crippen molar-refractivity contribution in [1.82, 2.24) is 10.1 Å². The van der Waals surface area contributed by atoms with Gasteiger partial charge in [-0.15, -0.1) is 0 Å². The standard InChI is InChI=1S/C20H18N2O6/c1-24-15-6-4-14(5-7-15)20-21-18(28-22-20)11-25-19(23)9-3-13-2-8-16-17(10-13)27-12-26-16/h2,4-8,10H,3,9,11-12H2,1H3. The molecule has 1 aliphatic rings. The number of benzene rings is 2. The molecule has 4 rings (SSSR count). The minimum atomic E-state index is -0.345. The van der Waals surface area contributed by atoms with Gasteiger partial charge >= 0.3 is 5.97 Å². The van der Waals surface area contributed by atoms with Gasteiger partial charge in [0.25, 0.3) is 5.89 Å². The maximum Gasteiger partial charge on any atom is 0.306 e. The van der Waals surface area contributed by atoms with Crippen molar-refractivity contribution < 1.29 is 28.3 Å². The summed E-state index contributed by atoms with van der Waals surface area (Å²) in [6.07, 6.45) is 0.773. The van der Waals surface area contributed by atoms with Gasteiger partial charge in [0.2, 0.25) is 12.6 Å². The Hall–Kier alpha value is -3.55. The largest absolute Gasteiger partial charge is 0.497 e. The lowest BCUT2D eigenvalue weighted by molar-refractivity contribution is -0.145. The molecule has 0 atom stereocenters. The van der Waals surface area contributed by atoms with Crippen LogP contribution in [-0.4, -0.2) is 30.0 Å². The van der Waals surface area contributed by atoms with E-state index < -0.39 is 0 Å². The maximum absolute atomic E-state index is 12.0. The van der Waals surface area contributed by atoms with E-state index in [1.165, 1.54) is 0 Å². The molecule has 0 radical (unpaired) electrons. The van der Waals surface area contributed by atoms with E-state index in [1.807, 2.05) is 42.5 Å². The summed E-state index contributed by atoms with van der Waals surface area (Å²) in [5.41, 5.74) is 1.76. The number of carbonyl (C=O) groups is 1. The molecule has 28 heavy (non-hydrogen) atoms. The van der Waals surface area contributed by atoms with Crippen LogP contribution in [0.5, 0.6) is 17.2 Å². The number of fused-ring (bicyclic) bond motifs is 1. The minimum Gasteiger partial charge on any atom is -0.497 e. The normalized spacial score (nSPS) is 12.0. The molecule has 0 saturated heterocycles. The van der Waals surface area contributed by atoms with E-state index in [-0.39, 0.29) is 31.7 Å². The quantitative estimate of drug-likeness (QED) is 0.576. The monoisotopic (exact) mass is 382 g/mol. The fourth-order valence-corrected chi connectivity index (χ4v) is 2.73. The molecule has 2 heterocycles. The predicted octanol–water partition coefficient (Wildman–Crippen LogP) is 3.15. The molecule has 1 aliphatic heterocycles. The Morgan fingerprint density at radius 1 is 1.11 bits per heavy atom. The third kappa shape index (κ3) is 4.06. The average Bonchev–Trinajstić information content (AvgIpc) is 3.39. The van der Waals surface area contributed by atoms with Crippen LogP contribution in [0.1, 0.15) is 17.9 Å². The van der Waals surface area contributed by atoms with Crippen molar-refractivity contribution in [2.75, 3.05) is 13.9 Å². The molecule has 0 amide bonds. The Balaban J connectivity index is 1.27. The molecule has 0 N–H and O–H groups in total. The molecular formula is C20H18N2O6. The Bertz CT molecular complexity index is 967. The zero-order chi connectivity index (χ0) is 19.3. The van der Waals surface area contributed by atoms with E-state index in [4.69, 9.17) is 23.5 Å². The number of nitrogens with zero attached hydrogens (tertiary/aromatic N) is 2. The zero-order valence-corrected chi connectivity index (χ0v) is 15.2. The molecule has 0 unspecified atom stereocenters. The first-order valence-electron chi connectivity index (χ1n) is 8.72. The highest BCUT2D eigenvalue weighted by Crippen LogP contribution is 2.32. The van der Waals surface area contributed by atoms with Crippen LogP contribution >= 0.6 is 0 Å². The summed E-state index contributed by atoms with van der Waals surface area (Å²) in [7, 11) is 1.60. The Morgan fingerprint density at radius 3 is 2.75 bits per heavy atom. The van der Waals surface area contributed by atoms with E-state index >= 15 is 0 Å². The number of rotatable bonds is 7. The summed E-state index contributed by atoms with van der Waals surface area (Å²) >= 11 is 0. The van der Waals surface area contributed by atoms with Crippen molar-refractivity contribution in [3.63, 3.8) is 0 Å². The highest BCUT2D eigenvalue weighted by Gasteiger charge is 2.15. The number of hydrogen-bond donors (Lipinski definition) is 0. The van der Waals surface area contributed by atoms with E-state index in [2.05, 4.69) is 10.1 Å². The Kier molecular flexibility index (Phi) is 5.09. The second kappa shape index (κ2) is 7.99. The summed E-state index contributed by atoms with van der Waals surface area (Å²) in [6, 6.07) is 12.9. The lowest BCUT2D eigenvalue weighted by Gasteiger charge is -2.03. The second-order valence-electron chi connectivity index (χ2n) is 6.09. The molecule has 1 aromatic heterocycles.